The highest BCUT2D eigenvalue weighted by Gasteiger charge is 2.18. The van der Waals surface area contributed by atoms with Crippen LogP contribution in [0.4, 0.5) is 5.69 Å². The minimum atomic E-state index is -0.284. The first-order chi connectivity index (χ1) is 12.4. The Morgan fingerprint density at radius 3 is 2.73 bits per heavy atom. The molecule has 5 nitrogen and oxygen atoms in total. The molecule has 0 saturated heterocycles. The molecule has 1 aromatic carbocycles. The van der Waals surface area contributed by atoms with E-state index in [1.807, 2.05) is 45.0 Å². The van der Waals surface area contributed by atoms with Gasteiger partial charge in [-0.3, -0.25) is 9.79 Å². The Kier molecular flexibility index (Phi) is 4.68. The molecule has 26 heavy (non-hydrogen) atoms. The van der Waals surface area contributed by atoms with E-state index in [1.54, 1.807) is 6.92 Å². The molecule has 1 N–H and O–H groups in total. The average molecular weight is 344 g/mol. The predicted molar refractivity (Wildman–Crippen MR) is 102 cm³/mol. The number of nitrogens with one attached hydrogen (secondary N) is 1. The van der Waals surface area contributed by atoms with E-state index in [2.05, 4.69) is 21.4 Å². The average Bonchev–Trinajstić information content (AvgIpc) is 2.99. The fraction of sp³-hybridized carbons (Fsp3) is 0.238. The number of amides is 1. The zero-order valence-electron chi connectivity index (χ0n) is 15.3. The molecule has 0 unspecified atom stereocenters. The van der Waals surface area contributed by atoms with Gasteiger partial charge in [-0.2, -0.15) is 5.26 Å². The van der Waals surface area contributed by atoms with Crippen molar-refractivity contribution >= 4 is 17.3 Å². The molecule has 130 valence electrons. The highest BCUT2D eigenvalue weighted by Crippen LogP contribution is 2.25. The molecule has 0 radical (unpaired) electrons. The summed E-state index contributed by atoms with van der Waals surface area (Å²) in [6, 6.07) is 7.91. The van der Waals surface area contributed by atoms with Crippen LogP contribution in [0.15, 0.2) is 41.0 Å². The van der Waals surface area contributed by atoms with Crippen molar-refractivity contribution in [3.8, 4) is 6.07 Å². The van der Waals surface area contributed by atoms with Crippen molar-refractivity contribution in [1.29, 1.82) is 5.26 Å². The van der Waals surface area contributed by atoms with Gasteiger partial charge in [-0.15, -0.1) is 0 Å². The van der Waals surface area contributed by atoms with Gasteiger partial charge in [0.1, 0.15) is 11.8 Å². The largest absolute Gasteiger partial charge is 0.321 e. The summed E-state index contributed by atoms with van der Waals surface area (Å²) in [5.74, 6) is -0.284. The van der Waals surface area contributed by atoms with Crippen molar-refractivity contribution in [2.45, 2.75) is 34.2 Å². The highest BCUT2D eigenvalue weighted by atomic mass is 16.1. The molecule has 1 amide bonds. The van der Waals surface area contributed by atoms with Crippen molar-refractivity contribution in [2.75, 3.05) is 5.32 Å². The van der Waals surface area contributed by atoms with Crippen LogP contribution in [0, 0.1) is 25.2 Å². The Morgan fingerprint density at radius 2 is 2.04 bits per heavy atom. The first-order valence-electron chi connectivity index (χ1n) is 8.41. The van der Waals surface area contributed by atoms with Crippen LogP contribution >= 0.6 is 0 Å². The van der Waals surface area contributed by atoms with E-state index in [1.165, 1.54) is 11.8 Å². The topological polar surface area (TPSA) is 78.1 Å². The summed E-state index contributed by atoms with van der Waals surface area (Å²) in [6.45, 7) is 8.37. The quantitative estimate of drug-likeness (QED) is 0.911. The number of fused-ring (bicyclic) bond motifs is 1. The van der Waals surface area contributed by atoms with Crippen molar-refractivity contribution in [3.63, 3.8) is 0 Å². The molecule has 3 rings (SSSR count). The van der Waals surface area contributed by atoms with Crippen LogP contribution < -0.4 is 5.32 Å². The number of hydrogen-bond donors (Lipinski definition) is 1. The maximum absolute atomic E-state index is 12.6. The number of hydrogen-bond acceptors (Lipinski definition) is 4. The minimum Gasteiger partial charge on any atom is -0.321 e. The summed E-state index contributed by atoms with van der Waals surface area (Å²) < 4.78 is 0. The zero-order chi connectivity index (χ0) is 18.8. The number of allylic oxidation sites excluding steroid dienone is 2. The third-order valence-electron chi connectivity index (χ3n) is 4.47. The lowest BCUT2D eigenvalue weighted by Crippen LogP contribution is -2.16. The van der Waals surface area contributed by atoms with Gasteiger partial charge >= 0.3 is 0 Å². The summed E-state index contributed by atoms with van der Waals surface area (Å²) in [4.78, 5) is 21.4. The van der Waals surface area contributed by atoms with Gasteiger partial charge in [0.25, 0.3) is 5.91 Å². The Bertz CT molecular complexity index is 1010. The first-order valence-corrected chi connectivity index (χ1v) is 8.41. The van der Waals surface area contributed by atoms with Gasteiger partial charge in [0.2, 0.25) is 0 Å². The number of rotatable bonds is 3. The highest BCUT2D eigenvalue weighted by molar-refractivity contribution is 6.12. The standard InChI is InChI=1S/C21H20N4O/c1-12(2)7-19-18-8-17(6-5-15(18)10-23-19)25-21(26)20-14(4)13(3)16(9-22)11-24-20/h5-8,11H,10H2,1-4H3,(H,25,26). The smallest absolute Gasteiger partial charge is 0.274 e. The summed E-state index contributed by atoms with van der Waals surface area (Å²) in [7, 11) is 0. The van der Waals surface area contributed by atoms with Crippen LogP contribution in [0.1, 0.15) is 52.2 Å². The number of pyridine rings is 1. The second kappa shape index (κ2) is 6.93. The third-order valence-corrected chi connectivity index (χ3v) is 4.47. The Morgan fingerprint density at radius 1 is 1.27 bits per heavy atom. The van der Waals surface area contributed by atoms with E-state index >= 15 is 0 Å². The Balaban J connectivity index is 1.88. The van der Waals surface area contributed by atoms with Gasteiger partial charge in [0.15, 0.2) is 0 Å². The predicted octanol–water partition coefficient (Wildman–Crippen LogP) is 4.09. The Labute approximate surface area is 153 Å². The van der Waals surface area contributed by atoms with Crippen LogP contribution in [0.2, 0.25) is 0 Å². The van der Waals surface area contributed by atoms with Gasteiger partial charge in [-0.05, 0) is 62.6 Å². The minimum absolute atomic E-state index is 0.284. The molecule has 0 aliphatic carbocycles. The summed E-state index contributed by atoms with van der Waals surface area (Å²) >= 11 is 0. The van der Waals surface area contributed by atoms with E-state index in [4.69, 9.17) is 5.26 Å². The van der Waals surface area contributed by atoms with Crippen LogP contribution in [0.25, 0.3) is 0 Å². The maximum Gasteiger partial charge on any atom is 0.274 e. The van der Waals surface area contributed by atoms with Gasteiger partial charge in [0, 0.05) is 17.4 Å². The molecule has 5 heteroatoms. The molecule has 2 heterocycles. The summed E-state index contributed by atoms with van der Waals surface area (Å²) in [5.41, 5.74) is 7.34. The molecule has 0 fully saturated rings. The summed E-state index contributed by atoms with van der Waals surface area (Å²) in [6.07, 6.45) is 3.49. The van der Waals surface area contributed by atoms with Crippen molar-refractivity contribution in [2.24, 2.45) is 4.99 Å². The molecule has 1 aromatic heterocycles. The van der Waals surface area contributed by atoms with Gasteiger partial charge in [0.05, 0.1) is 17.8 Å². The lowest BCUT2D eigenvalue weighted by molar-refractivity contribution is 0.102. The number of carbonyl (C=O) groups excluding carboxylic acids is 1. The Hall–Kier alpha value is -3.26. The maximum atomic E-state index is 12.6. The molecule has 2 aromatic rings. The van der Waals surface area contributed by atoms with Crippen LogP contribution in [-0.2, 0) is 6.54 Å². The van der Waals surface area contributed by atoms with E-state index in [9.17, 15) is 4.79 Å². The lowest BCUT2D eigenvalue weighted by Gasteiger charge is -2.11. The molecular weight excluding hydrogens is 324 g/mol. The van der Waals surface area contributed by atoms with Crippen molar-refractivity contribution in [1.82, 2.24) is 4.98 Å². The lowest BCUT2D eigenvalue weighted by atomic mass is 10.0. The SMILES string of the molecule is CC(C)=CC1=NCc2ccc(NC(=O)c3ncc(C#N)c(C)c3C)cc21. The molecule has 1 aliphatic heterocycles. The van der Waals surface area contributed by atoms with E-state index < -0.39 is 0 Å². The number of nitriles is 1. The van der Waals surface area contributed by atoms with Crippen LogP contribution in [0.5, 0.6) is 0 Å². The number of anilines is 1. The normalized spacial score (nSPS) is 12.0. The van der Waals surface area contributed by atoms with Crippen molar-refractivity contribution in [3.05, 3.63) is 69.6 Å². The van der Waals surface area contributed by atoms with Crippen LogP contribution in [-0.4, -0.2) is 16.6 Å². The zero-order valence-corrected chi connectivity index (χ0v) is 15.3. The van der Waals surface area contributed by atoms with Gasteiger partial charge < -0.3 is 5.32 Å². The van der Waals surface area contributed by atoms with E-state index in [0.29, 0.717) is 23.5 Å². The van der Waals surface area contributed by atoms with Gasteiger partial charge in [-0.1, -0.05) is 11.6 Å². The second-order valence-electron chi connectivity index (χ2n) is 6.63. The monoisotopic (exact) mass is 344 g/mol. The van der Waals surface area contributed by atoms with Crippen molar-refractivity contribution < 1.29 is 4.79 Å². The molecule has 0 saturated carbocycles. The number of nitrogens with zero attached hydrogens (tertiary/aromatic N) is 3. The second-order valence-corrected chi connectivity index (χ2v) is 6.63. The third kappa shape index (κ3) is 3.27. The first kappa shape index (κ1) is 17.6. The molecule has 0 atom stereocenters. The number of aliphatic imine (C=N–C) groups is 1. The van der Waals surface area contributed by atoms with E-state index in [0.717, 1.165) is 28.0 Å². The number of aromatic nitrogens is 1. The molecule has 0 spiro atoms. The summed E-state index contributed by atoms with van der Waals surface area (Å²) in [5, 5.41) is 12.0. The van der Waals surface area contributed by atoms with Crippen LogP contribution in [0.3, 0.4) is 0 Å². The van der Waals surface area contributed by atoms with E-state index in [-0.39, 0.29) is 5.91 Å². The molecular formula is C21H20N4O. The molecule has 1 aliphatic rings. The number of carbonyl (C=O) groups is 1. The van der Waals surface area contributed by atoms with Gasteiger partial charge in [-0.25, -0.2) is 4.98 Å². The fourth-order valence-corrected chi connectivity index (χ4v) is 2.92. The fourth-order valence-electron chi connectivity index (χ4n) is 2.92. The molecule has 0 bridgehead atoms. The number of benzene rings is 1.